The molecule has 0 spiro atoms. The highest BCUT2D eigenvalue weighted by Gasteiger charge is 2.22. The molecule has 1 saturated heterocycles. The predicted octanol–water partition coefficient (Wildman–Crippen LogP) is 1.87. The van der Waals surface area contributed by atoms with Gasteiger partial charge < -0.3 is 10.5 Å². The zero-order valence-electron chi connectivity index (χ0n) is 14.1. The molecule has 1 aliphatic heterocycles. The Hall–Kier alpha value is -1.66. The molecule has 23 heavy (non-hydrogen) atoms. The Morgan fingerprint density at radius 3 is 2.35 bits per heavy atom. The Kier molecular flexibility index (Phi) is 5.59. The van der Waals surface area contributed by atoms with Crippen LogP contribution < -0.4 is 5.73 Å². The highest BCUT2D eigenvalue weighted by atomic mass is 19.1. The number of carbonyl (C=O) groups is 1. The van der Waals surface area contributed by atoms with Gasteiger partial charge in [0.1, 0.15) is 11.4 Å². The number of piperazine rings is 1. The fourth-order valence-corrected chi connectivity index (χ4v) is 2.69. The molecule has 0 atom stereocenters. The number of rotatable bonds is 4. The van der Waals surface area contributed by atoms with Crippen molar-refractivity contribution in [2.75, 3.05) is 38.5 Å². The zero-order valence-corrected chi connectivity index (χ0v) is 14.1. The number of anilines is 1. The molecule has 0 amide bonds. The van der Waals surface area contributed by atoms with E-state index in [2.05, 4.69) is 9.80 Å². The minimum atomic E-state index is -0.448. The van der Waals surface area contributed by atoms with E-state index in [-0.39, 0.29) is 11.8 Å². The number of hydrogen-bond acceptors (Lipinski definition) is 5. The maximum absolute atomic E-state index is 13.4. The normalized spacial score (nSPS) is 17.2. The van der Waals surface area contributed by atoms with Crippen LogP contribution in [0.15, 0.2) is 18.2 Å². The summed E-state index contributed by atoms with van der Waals surface area (Å²) in [5.74, 6) is -0.493. The van der Waals surface area contributed by atoms with Gasteiger partial charge in [0.2, 0.25) is 0 Å². The maximum atomic E-state index is 13.4. The highest BCUT2D eigenvalue weighted by Crippen LogP contribution is 2.14. The van der Waals surface area contributed by atoms with Gasteiger partial charge in [0.25, 0.3) is 0 Å². The molecule has 1 aromatic rings. The lowest BCUT2D eigenvalue weighted by molar-refractivity contribution is -0.156. The fraction of sp³-hybridized carbons (Fsp3) is 0.588. The molecule has 0 saturated carbocycles. The van der Waals surface area contributed by atoms with Crippen LogP contribution in [0.4, 0.5) is 10.1 Å². The van der Waals surface area contributed by atoms with Crippen molar-refractivity contribution < 1.29 is 13.9 Å². The first kappa shape index (κ1) is 17.7. The van der Waals surface area contributed by atoms with E-state index >= 15 is 0 Å². The van der Waals surface area contributed by atoms with Crippen LogP contribution in [0.2, 0.25) is 0 Å². The summed E-state index contributed by atoms with van der Waals surface area (Å²) >= 11 is 0. The van der Waals surface area contributed by atoms with Gasteiger partial charge in [0.15, 0.2) is 0 Å². The number of ether oxygens (including phenoxy) is 1. The standard InChI is InChI=1S/C17H26FN3O2/c1-17(2,3)23-16(22)12-21-6-4-20(5-7-21)11-13-8-14(18)10-15(19)9-13/h8-10H,4-7,11-12,19H2,1-3H3. The molecule has 5 nitrogen and oxygen atoms in total. The van der Waals surface area contributed by atoms with Crippen molar-refractivity contribution in [3.63, 3.8) is 0 Å². The Balaban J connectivity index is 1.78. The van der Waals surface area contributed by atoms with Gasteiger partial charge in [-0.05, 0) is 44.5 Å². The number of esters is 1. The van der Waals surface area contributed by atoms with Gasteiger partial charge in [0.05, 0.1) is 6.54 Å². The predicted molar refractivity (Wildman–Crippen MR) is 88.4 cm³/mol. The van der Waals surface area contributed by atoms with E-state index in [0.29, 0.717) is 18.8 Å². The quantitative estimate of drug-likeness (QED) is 0.677. The third-order valence-corrected chi connectivity index (χ3v) is 3.62. The highest BCUT2D eigenvalue weighted by molar-refractivity contribution is 5.72. The van der Waals surface area contributed by atoms with E-state index in [1.165, 1.54) is 12.1 Å². The van der Waals surface area contributed by atoms with Crippen molar-refractivity contribution in [2.45, 2.75) is 32.9 Å². The molecule has 0 unspecified atom stereocenters. The minimum absolute atomic E-state index is 0.191. The Labute approximate surface area is 137 Å². The molecular weight excluding hydrogens is 297 g/mol. The van der Waals surface area contributed by atoms with Gasteiger partial charge in [0, 0.05) is 38.4 Å². The van der Waals surface area contributed by atoms with Crippen molar-refractivity contribution in [1.82, 2.24) is 9.80 Å². The summed E-state index contributed by atoms with van der Waals surface area (Å²) in [4.78, 5) is 16.2. The molecular formula is C17H26FN3O2. The number of benzene rings is 1. The number of nitrogens with two attached hydrogens (primary N) is 1. The first-order chi connectivity index (χ1) is 10.7. The first-order valence-corrected chi connectivity index (χ1v) is 7.93. The zero-order chi connectivity index (χ0) is 17.0. The summed E-state index contributed by atoms with van der Waals surface area (Å²) in [6, 6.07) is 4.64. The summed E-state index contributed by atoms with van der Waals surface area (Å²) in [6.45, 7) is 9.85. The van der Waals surface area contributed by atoms with Gasteiger partial charge in [-0.15, -0.1) is 0 Å². The van der Waals surface area contributed by atoms with Gasteiger partial charge in [-0.25, -0.2) is 4.39 Å². The fourth-order valence-electron chi connectivity index (χ4n) is 2.69. The van der Waals surface area contributed by atoms with Crippen LogP contribution in [0.25, 0.3) is 0 Å². The van der Waals surface area contributed by atoms with E-state index < -0.39 is 5.60 Å². The SMILES string of the molecule is CC(C)(C)OC(=O)CN1CCN(Cc2cc(N)cc(F)c2)CC1. The van der Waals surface area contributed by atoms with Crippen LogP contribution in [-0.2, 0) is 16.1 Å². The molecule has 0 bridgehead atoms. The summed E-state index contributed by atoms with van der Waals surface area (Å²) < 4.78 is 18.7. The third-order valence-electron chi connectivity index (χ3n) is 3.62. The molecule has 0 aliphatic carbocycles. The van der Waals surface area contributed by atoms with Crippen LogP contribution in [-0.4, -0.2) is 54.1 Å². The van der Waals surface area contributed by atoms with E-state index in [4.69, 9.17) is 10.5 Å². The molecule has 1 aliphatic rings. The summed E-state index contributed by atoms with van der Waals surface area (Å²) in [5, 5.41) is 0. The third kappa shape index (κ3) is 6.15. The van der Waals surface area contributed by atoms with Crippen molar-refractivity contribution in [3.05, 3.63) is 29.6 Å². The average molecular weight is 323 g/mol. The number of carbonyl (C=O) groups excluding carboxylic acids is 1. The summed E-state index contributed by atoms with van der Waals surface area (Å²) in [7, 11) is 0. The number of nitrogens with zero attached hydrogens (tertiary/aromatic N) is 2. The van der Waals surface area contributed by atoms with Gasteiger partial charge >= 0.3 is 5.97 Å². The Bertz CT molecular complexity index is 529. The Morgan fingerprint density at radius 2 is 1.78 bits per heavy atom. The second-order valence-corrected chi connectivity index (χ2v) is 7.03. The van der Waals surface area contributed by atoms with E-state index in [1.807, 2.05) is 20.8 Å². The van der Waals surface area contributed by atoms with E-state index in [0.717, 1.165) is 31.7 Å². The maximum Gasteiger partial charge on any atom is 0.320 e. The van der Waals surface area contributed by atoms with Crippen LogP contribution in [0.5, 0.6) is 0 Å². The van der Waals surface area contributed by atoms with Crippen molar-refractivity contribution in [3.8, 4) is 0 Å². The van der Waals surface area contributed by atoms with E-state index in [9.17, 15) is 9.18 Å². The number of nitrogen functional groups attached to an aromatic ring is 1. The number of hydrogen-bond donors (Lipinski definition) is 1. The van der Waals surface area contributed by atoms with Gasteiger partial charge in [-0.1, -0.05) is 0 Å². The summed E-state index contributed by atoms with van der Waals surface area (Å²) in [6.07, 6.45) is 0. The van der Waals surface area contributed by atoms with Gasteiger partial charge in [-0.3, -0.25) is 14.6 Å². The van der Waals surface area contributed by atoms with Gasteiger partial charge in [-0.2, -0.15) is 0 Å². The van der Waals surface area contributed by atoms with Crippen molar-refractivity contribution >= 4 is 11.7 Å². The average Bonchev–Trinajstić information content (AvgIpc) is 2.37. The molecule has 1 aromatic carbocycles. The second kappa shape index (κ2) is 7.27. The van der Waals surface area contributed by atoms with Crippen molar-refractivity contribution in [1.29, 1.82) is 0 Å². The topological polar surface area (TPSA) is 58.8 Å². The van der Waals surface area contributed by atoms with Crippen LogP contribution in [0.1, 0.15) is 26.3 Å². The van der Waals surface area contributed by atoms with Crippen LogP contribution in [0.3, 0.4) is 0 Å². The van der Waals surface area contributed by atoms with Crippen LogP contribution >= 0.6 is 0 Å². The largest absolute Gasteiger partial charge is 0.459 e. The molecule has 128 valence electrons. The minimum Gasteiger partial charge on any atom is -0.459 e. The monoisotopic (exact) mass is 323 g/mol. The molecule has 0 aromatic heterocycles. The van der Waals surface area contributed by atoms with Crippen molar-refractivity contribution in [2.24, 2.45) is 0 Å². The second-order valence-electron chi connectivity index (χ2n) is 7.03. The summed E-state index contributed by atoms with van der Waals surface area (Å²) in [5.41, 5.74) is 6.55. The molecule has 0 radical (unpaired) electrons. The molecule has 2 rings (SSSR count). The molecule has 6 heteroatoms. The molecule has 1 fully saturated rings. The smallest absolute Gasteiger partial charge is 0.320 e. The first-order valence-electron chi connectivity index (χ1n) is 7.93. The molecule has 1 heterocycles. The Morgan fingerprint density at radius 1 is 1.17 bits per heavy atom. The van der Waals surface area contributed by atoms with E-state index in [1.54, 1.807) is 6.07 Å². The molecule has 2 N–H and O–H groups in total. The lowest BCUT2D eigenvalue weighted by Gasteiger charge is -2.34. The lowest BCUT2D eigenvalue weighted by Crippen LogP contribution is -2.48. The van der Waals surface area contributed by atoms with Crippen LogP contribution in [0, 0.1) is 5.82 Å². The number of halogens is 1. The lowest BCUT2D eigenvalue weighted by atomic mass is 10.1.